The number of benzene rings is 1. The highest BCUT2D eigenvalue weighted by Gasteiger charge is 2.19. The Hall–Kier alpha value is -2.47. The highest BCUT2D eigenvalue weighted by atomic mass is 16.5. The molecular formula is C21H28N2O4. The first-order chi connectivity index (χ1) is 12.9. The number of amides is 1. The summed E-state index contributed by atoms with van der Waals surface area (Å²) in [5, 5.41) is 3.47. The Morgan fingerprint density at radius 2 is 1.96 bits per heavy atom. The number of nitrogens with one attached hydrogen (secondary N) is 1. The summed E-state index contributed by atoms with van der Waals surface area (Å²) in [5.74, 6) is -0.821. The largest absolute Gasteiger partial charge is 0.452 e. The maximum absolute atomic E-state index is 12.7. The predicted octanol–water partition coefficient (Wildman–Crippen LogP) is 3.19. The molecule has 1 aromatic carbocycles. The third-order valence-electron chi connectivity index (χ3n) is 4.20. The van der Waals surface area contributed by atoms with Crippen LogP contribution in [0, 0.1) is 6.92 Å². The van der Waals surface area contributed by atoms with E-state index >= 15 is 0 Å². The van der Waals surface area contributed by atoms with Crippen molar-refractivity contribution in [1.82, 2.24) is 10.3 Å². The van der Waals surface area contributed by atoms with Crippen LogP contribution in [0.2, 0.25) is 0 Å². The van der Waals surface area contributed by atoms with Gasteiger partial charge in [0, 0.05) is 24.2 Å². The van der Waals surface area contributed by atoms with E-state index in [1.807, 2.05) is 52.0 Å². The van der Waals surface area contributed by atoms with Crippen molar-refractivity contribution in [1.29, 1.82) is 0 Å². The summed E-state index contributed by atoms with van der Waals surface area (Å²) < 4.78 is 10.7. The van der Waals surface area contributed by atoms with Gasteiger partial charge in [-0.05, 0) is 45.2 Å². The molecule has 0 aliphatic carbocycles. The molecule has 6 heteroatoms. The number of fused-ring (bicyclic) bond motifs is 1. The number of ether oxygens (including phenoxy) is 2. The zero-order valence-corrected chi connectivity index (χ0v) is 16.5. The first-order valence-electron chi connectivity index (χ1n) is 9.37. The Kier molecular flexibility index (Phi) is 7.73. The van der Waals surface area contributed by atoms with Crippen molar-refractivity contribution >= 4 is 22.8 Å². The normalized spacial score (nSPS) is 11.0. The van der Waals surface area contributed by atoms with Crippen molar-refractivity contribution in [2.45, 2.75) is 46.6 Å². The summed E-state index contributed by atoms with van der Waals surface area (Å²) in [5.41, 5.74) is 2.89. The second kappa shape index (κ2) is 10.0. The molecule has 1 aromatic heterocycles. The lowest BCUT2D eigenvalue weighted by atomic mass is 10.0. The van der Waals surface area contributed by atoms with E-state index < -0.39 is 5.97 Å². The molecule has 0 radical (unpaired) electrons. The van der Waals surface area contributed by atoms with Crippen LogP contribution in [0.1, 0.15) is 48.8 Å². The fourth-order valence-corrected chi connectivity index (χ4v) is 2.84. The van der Waals surface area contributed by atoms with Gasteiger partial charge in [-0.2, -0.15) is 0 Å². The monoisotopic (exact) mass is 372 g/mol. The average molecular weight is 372 g/mol. The van der Waals surface area contributed by atoms with Gasteiger partial charge in [0.2, 0.25) is 0 Å². The molecule has 0 bridgehead atoms. The van der Waals surface area contributed by atoms with E-state index in [4.69, 9.17) is 9.47 Å². The van der Waals surface area contributed by atoms with Gasteiger partial charge in [0.1, 0.15) is 0 Å². The van der Waals surface area contributed by atoms with E-state index in [1.54, 1.807) is 0 Å². The van der Waals surface area contributed by atoms with Gasteiger partial charge in [-0.25, -0.2) is 4.79 Å². The van der Waals surface area contributed by atoms with Crippen LogP contribution in [0.15, 0.2) is 24.3 Å². The topological polar surface area (TPSA) is 77.5 Å². The highest BCUT2D eigenvalue weighted by molar-refractivity contribution is 6.05. The van der Waals surface area contributed by atoms with Crippen molar-refractivity contribution in [2.75, 3.05) is 19.8 Å². The van der Waals surface area contributed by atoms with Gasteiger partial charge in [-0.15, -0.1) is 0 Å². The molecule has 1 N–H and O–H groups in total. The number of nitrogens with zero attached hydrogens (tertiary/aromatic N) is 1. The zero-order chi connectivity index (χ0) is 19.8. The van der Waals surface area contributed by atoms with Crippen molar-refractivity contribution in [3.05, 3.63) is 41.1 Å². The van der Waals surface area contributed by atoms with Crippen LogP contribution in [0.5, 0.6) is 0 Å². The fourth-order valence-electron chi connectivity index (χ4n) is 2.84. The van der Waals surface area contributed by atoms with Crippen LogP contribution in [0.3, 0.4) is 0 Å². The van der Waals surface area contributed by atoms with Gasteiger partial charge in [0.25, 0.3) is 5.91 Å². The minimum atomic E-state index is -0.501. The second-order valence-corrected chi connectivity index (χ2v) is 6.63. The molecule has 1 heterocycles. The lowest BCUT2D eigenvalue weighted by Crippen LogP contribution is -2.30. The van der Waals surface area contributed by atoms with E-state index in [9.17, 15) is 9.59 Å². The Morgan fingerprint density at radius 3 is 2.67 bits per heavy atom. The summed E-state index contributed by atoms with van der Waals surface area (Å²) >= 11 is 0. The van der Waals surface area contributed by atoms with Gasteiger partial charge in [0.05, 0.1) is 17.2 Å². The standard InChI is InChI=1S/C21H28N2O4/c1-5-17-15(4)20(16-9-6-7-10-18(16)23-17)21(25)27-13-19(24)22-11-8-12-26-14(2)3/h6-7,9-10,14H,5,8,11-13H2,1-4H3,(H,22,24). The number of para-hydroxylation sites is 1. The molecule has 0 fully saturated rings. The number of carbonyl (C=O) groups is 2. The molecule has 0 spiro atoms. The zero-order valence-electron chi connectivity index (χ0n) is 16.5. The summed E-state index contributed by atoms with van der Waals surface area (Å²) in [6.07, 6.45) is 1.61. The summed E-state index contributed by atoms with van der Waals surface area (Å²) in [6.45, 7) is 8.56. The van der Waals surface area contributed by atoms with Crippen LogP contribution in [0.4, 0.5) is 0 Å². The smallest absolute Gasteiger partial charge is 0.339 e. The van der Waals surface area contributed by atoms with Crippen LogP contribution >= 0.6 is 0 Å². The van der Waals surface area contributed by atoms with Gasteiger partial charge in [-0.1, -0.05) is 25.1 Å². The van der Waals surface area contributed by atoms with Crippen LogP contribution in [-0.2, 0) is 20.7 Å². The summed E-state index contributed by atoms with van der Waals surface area (Å²) in [4.78, 5) is 29.2. The van der Waals surface area contributed by atoms with Crippen molar-refractivity contribution in [3.63, 3.8) is 0 Å². The minimum absolute atomic E-state index is 0.174. The van der Waals surface area contributed by atoms with Crippen molar-refractivity contribution in [2.24, 2.45) is 0 Å². The molecule has 0 atom stereocenters. The number of esters is 1. The van der Waals surface area contributed by atoms with Gasteiger partial charge >= 0.3 is 5.97 Å². The number of hydrogen-bond acceptors (Lipinski definition) is 5. The predicted molar refractivity (Wildman–Crippen MR) is 105 cm³/mol. The van der Waals surface area contributed by atoms with E-state index in [-0.39, 0.29) is 18.6 Å². The maximum atomic E-state index is 12.7. The lowest BCUT2D eigenvalue weighted by Gasteiger charge is -2.13. The highest BCUT2D eigenvalue weighted by Crippen LogP contribution is 2.24. The van der Waals surface area contributed by atoms with Gasteiger partial charge in [0.15, 0.2) is 6.61 Å². The first-order valence-corrected chi connectivity index (χ1v) is 9.37. The molecule has 6 nitrogen and oxygen atoms in total. The van der Waals surface area contributed by atoms with E-state index in [0.717, 1.165) is 28.6 Å². The second-order valence-electron chi connectivity index (χ2n) is 6.63. The molecular weight excluding hydrogens is 344 g/mol. The van der Waals surface area contributed by atoms with Gasteiger partial charge in [-0.3, -0.25) is 9.78 Å². The van der Waals surface area contributed by atoms with E-state index in [0.29, 0.717) is 25.1 Å². The third-order valence-corrected chi connectivity index (χ3v) is 4.20. The minimum Gasteiger partial charge on any atom is -0.452 e. The SMILES string of the molecule is CCc1nc2ccccc2c(C(=O)OCC(=O)NCCCOC(C)C)c1C. The number of hydrogen-bond donors (Lipinski definition) is 1. The molecule has 0 unspecified atom stereocenters. The Bertz CT molecular complexity index is 802. The van der Waals surface area contributed by atoms with Crippen LogP contribution in [-0.4, -0.2) is 42.7 Å². The number of pyridine rings is 1. The quantitative estimate of drug-likeness (QED) is 0.540. The third kappa shape index (κ3) is 5.76. The molecule has 0 aliphatic heterocycles. The number of aromatic nitrogens is 1. The van der Waals surface area contributed by atoms with Crippen LogP contribution < -0.4 is 5.32 Å². The lowest BCUT2D eigenvalue weighted by molar-refractivity contribution is -0.124. The van der Waals surface area contributed by atoms with Crippen LogP contribution in [0.25, 0.3) is 10.9 Å². The number of carbonyl (C=O) groups excluding carboxylic acids is 2. The fraction of sp³-hybridized carbons (Fsp3) is 0.476. The average Bonchev–Trinajstić information content (AvgIpc) is 2.65. The Morgan fingerprint density at radius 1 is 1.22 bits per heavy atom. The Labute approximate surface area is 160 Å². The van der Waals surface area contributed by atoms with Crippen molar-refractivity contribution in [3.8, 4) is 0 Å². The molecule has 0 saturated carbocycles. The first kappa shape index (κ1) is 20.8. The summed E-state index contributed by atoms with van der Waals surface area (Å²) in [7, 11) is 0. The molecule has 1 amide bonds. The van der Waals surface area contributed by atoms with E-state index in [1.165, 1.54) is 0 Å². The van der Waals surface area contributed by atoms with E-state index in [2.05, 4.69) is 10.3 Å². The Balaban J connectivity index is 1.98. The molecule has 27 heavy (non-hydrogen) atoms. The van der Waals surface area contributed by atoms with Crippen molar-refractivity contribution < 1.29 is 19.1 Å². The maximum Gasteiger partial charge on any atom is 0.339 e. The molecule has 146 valence electrons. The van der Waals surface area contributed by atoms with Gasteiger partial charge < -0.3 is 14.8 Å². The summed E-state index contributed by atoms with van der Waals surface area (Å²) in [6, 6.07) is 7.46. The molecule has 2 rings (SSSR count). The number of aryl methyl sites for hydroxylation is 1. The molecule has 0 aliphatic rings. The number of rotatable bonds is 9. The molecule has 0 saturated heterocycles. The molecule has 2 aromatic rings.